The number of halogens is 1. The summed E-state index contributed by atoms with van der Waals surface area (Å²) < 4.78 is 19.4. The lowest BCUT2D eigenvalue weighted by Crippen LogP contribution is -2.57. The van der Waals surface area contributed by atoms with E-state index in [0.717, 1.165) is 12.8 Å². The fourth-order valence-corrected chi connectivity index (χ4v) is 3.27. The standard InChI is InChI=1S/C19H23FN2O3/c1-2-18(23)22-11-15(12-22)19(24)21-9-7-16(8-10-21)25-13-14-5-3-4-6-17(14)20/h2-6,15-16H,1,7-13H2. The Morgan fingerprint density at radius 2 is 1.88 bits per heavy atom. The van der Waals surface area contributed by atoms with Gasteiger partial charge in [-0.1, -0.05) is 24.8 Å². The van der Waals surface area contributed by atoms with E-state index in [-0.39, 0.29) is 36.3 Å². The molecule has 2 amide bonds. The lowest BCUT2D eigenvalue weighted by molar-refractivity contribution is -0.148. The van der Waals surface area contributed by atoms with Crippen LogP contribution in [0, 0.1) is 11.7 Å². The SMILES string of the molecule is C=CC(=O)N1CC(C(=O)N2CCC(OCc3ccccc3F)CC2)C1. The van der Waals surface area contributed by atoms with E-state index < -0.39 is 0 Å². The zero-order chi connectivity index (χ0) is 17.8. The Hall–Kier alpha value is -2.21. The van der Waals surface area contributed by atoms with Gasteiger partial charge in [0.05, 0.1) is 18.6 Å². The molecule has 0 aromatic heterocycles. The molecule has 0 atom stereocenters. The van der Waals surface area contributed by atoms with E-state index in [1.807, 2.05) is 4.90 Å². The van der Waals surface area contributed by atoms with E-state index in [9.17, 15) is 14.0 Å². The van der Waals surface area contributed by atoms with Crippen molar-refractivity contribution in [3.63, 3.8) is 0 Å². The van der Waals surface area contributed by atoms with Crippen molar-refractivity contribution in [2.24, 2.45) is 5.92 Å². The highest BCUT2D eigenvalue weighted by Gasteiger charge is 2.38. The van der Waals surface area contributed by atoms with Crippen LogP contribution < -0.4 is 0 Å². The zero-order valence-corrected chi connectivity index (χ0v) is 14.2. The van der Waals surface area contributed by atoms with Crippen LogP contribution in [0.5, 0.6) is 0 Å². The van der Waals surface area contributed by atoms with Crippen LogP contribution >= 0.6 is 0 Å². The number of rotatable bonds is 5. The molecule has 5 nitrogen and oxygen atoms in total. The average Bonchev–Trinajstić information content (AvgIpc) is 2.60. The van der Waals surface area contributed by atoms with Crippen LogP contribution in [-0.2, 0) is 20.9 Å². The fraction of sp³-hybridized carbons (Fsp3) is 0.474. The molecule has 25 heavy (non-hydrogen) atoms. The molecule has 2 aliphatic rings. The molecule has 0 unspecified atom stereocenters. The van der Waals surface area contributed by atoms with Crippen molar-refractivity contribution in [1.29, 1.82) is 0 Å². The molecule has 0 bridgehead atoms. The smallest absolute Gasteiger partial charge is 0.246 e. The summed E-state index contributed by atoms with van der Waals surface area (Å²) in [6.07, 6.45) is 2.83. The van der Waals surface area contributed by atoms with Crippen LogP contribution in [0.3, 0.4) is 0 Å². The topological polar surface area (TPSA) is 49.9 Å². The van der Waals surface area contributed by atoms with Gasteiger partial charge >= 0.3 is 0 Å². The van der Waals surface area contributed by atoms with Gasteiger partial charge in [-0.05, 0) is 25.0 Å². The van der Waals surface area contributed by atoms with Gasteiger partial charge in [-0.2, -0.15) is 0 Å². The molecular formula is C19H23FN2O3. The zero-order valence-electron chi connectivity index (χ0n) is 14.2. The van der Waals surface area contributed by atoms with Gasteiger partial charge in [-0.25, -0.2) is 4.39 Å². The molecule has 0 aliphatic carbocycles. The van der Waals surface area contributed by atoms with Crippen LogP contribution in [0.15, 0.2) is 36.9 Å². The molecule has 0 saturated carbocycles. The van der Waals surface area contributed by atoms with Gasteiger partial charge in [-0.15, -0.1) is 0 Å². The van der Waals surface area contributed by atoms with Crippen molar-refractivity contribution in [2.75, 3.05) is 26.2 Å². The molecule has 0 spiro atoms. The molecule has 2 saturated heterocycles. The summed E-state index contributed by atoms with van der Waals surface area (Å²) in [5.74, 6) is -0.358. The molecule has 0 N–H and O–H groups in total. The van der Waals surface area contributed by atoms with Crippen molar-refractivity contribution < 1.29 is 18.7 Å². The van der Waals surface area contributed by atoms with E-state index in [0.29, 0.717) is 31.7 Å². The largest absolute Gasteiger partial charge is 0.373 e. The summed E-state index contributed by atoms with van der Waals surface area (Å²) >= 11 is 0. The molecule has 3 rings (SSSR count). The normalized spacial score (nSPS) is 18.8. The first-order chi connectivity index (χ1) is 12.1. The third-order valence-electron chi connectivity index (χ3n) is 4.90. The predicted octanol–water partition coefficient (Wildman–Crippen LogP) is 1.98. The molecule has 1 aromatic rings. The number of hydrogen-bond donors (Lipinski definition) is 0. The predicted molar refractivity (Wildman–Crippen MR) is 91.1 cm³/mol. The number of amides is 2. The Bertz CT molecular complexity index is 650. The van der Waals surface area contributed by atoms with Gasteiger partial charge in [-0.3, -0.25) is 9.59 Å². The Kier molecular flexibility index (Phi) is 5.48. The molecule has 0 radical (unpaired) electrons. The molecule has 6 heteroatoms. The van der Waals surface area contributed by atoms with Crippen LogP contribution in [0.4, 0.5) is 4.39 Å². The van der Waals surface area contributed by atoms with Gasteiger partial charge in [0, 0.05) is 31.7 Å². The Balaban J connectivity index is 1.40. The Labute approximate surface area is 147 Å². The molecular weight excluding hydrogens is 323 g/mol. The monoisotopic (exact) mass is 346 g/mol. The van der Waals surface area contributed by atoms with Crippen molar-refractivity contribution in [3.05, 3.63) is 48.3 Å². The molecule has 2 fully saturated rings. The van der Waals surface area contributed by atoms with Gasteiger partial charge in [0.15, 0.2) is 0 Å². The van der Waals surface area contributed by atoms with E-state index in [1.54, 1.807) is 23.1 Å². The molecule has 2 aliphatic heterocycles. The first-order valence-corrected chi connectivity index (χ1v) is 8.63. The summed E-state index contributed by atoms with van der Waals surface area (Å²) in [6.45, 7) is 5.96. The summed E-state index contributed by atoms with van der Waals surface area (Å²) in [5, 5.41) is 0. The van der Waals surface area contributed by atoms with Gasteiger partial charge < -0.3 is 14.5 Å². The quantitative estimate of drug-likeness (QED) is 0.766. The van der Waals surface area contributed by atoms with Crippen molar-refractivity contribution in [1.82, 2.24) is 9.80 Å². The third-order valence-corrected chi connectivity index (χ3v) is 4.90. The highest BCUT2D eigenvalue weighted by atomic mass is 19.1. The fourth-order valence-electron chi connectivity index (χ4n) is 3.27. The van der Waals surface area contributed by atoms with Crippen LogP contribution in [0.25, 0.3) is 0 Å². The number of piperidine rings is 1. The van der Waals surface area contributed by atoms with Crippen LogP contribution in [0.2, 0.25) is 0 Å². The first kappa shape index (κ1) is 17.6. The molecule has 2 heterocycles. The number of carbonyl (C=O) groups excluding carboxylic acids is 2. The number of hydrogen-bond acceptors (Lipinski definition) is 3. The van der Waals surface area contributed by atoms with Gasteiger partial charge in [0.2, 0.25) is 11.8 Å². The maximum Gasteiger partial charge on any atom is 0.246 e. The Morgan fingerprint density at radius 1 is 1.20 bits per heavy atom. The Morgan fingerprint density at radius 3 is 2.52 bits per heavy atom. The second-order valence-electron chi connectivity index (χ2n) is 6.57. The number of likely N-dealkylation sites (tertiary alicyclic amines) is 2. The summed E-state index contributed by atoms with van der Waals surface area (Å²) in [4.78, 5) is 27.3. The highest BCUT2D eigenvalue weighted by Crippen LogP contribution is 2.22. The molecule has 134 valence electrons. The number of carbonyl (C=O) groups is 2. The van der Waals surface area contributed by atoms with E-state index in [4.69, 9.17) is 4.74 Å². The lowest BCUT2D eigenvalue weighted by Gasteiger charge is -2.41. The summed E-state index contributed by atoms with van der Waals surface area (Å²) in [7, 11) is 0. The van der Waals surface area contributed by atoms with Crippen molar-refractivity contribution >= 4 is 11.8 Å². The minimum absolute atomic E-state index is 0.0453. The van der Waals surface area contributed by atoms with E-state index in [2.05, 4.69) is 6.58 Å². The number of nitrogens with zero attached hydrogens (tertiary/aromatic N) is 2. The third kappa shape index (κ3) is 4.07. The first-order valence-electron chi connectivity index (χ1n) is 8.63. The maximum atomic E-state index is 13.6. The minimum Gasteiger partial charge on any atom is -0.373 e. The highest BCUT2D eigenvalue weighted by molar-refractivity contribution is 5.90. The lowest BCUT2D eigenvalue weighted by atomic mass is 9.96. The van der Waals surface area contributed by atoms with Crippen molar-refractivity contribution in [3.8, 4) is 0 Å². The molecule has 1 aromatic carbocycles. The van der Waals surface area contributed by atoms with Gasteiger partial charge in [0.25, 0.3) is 0 Å². The summed E-state index contributed by atoms with van der Waals surface area (Å²) in [6, 6.07) is 6.61. The maximum absolute atomic E-state index is 13.6. The summed E-state index contributed by atoms with van der Waals surface area (Å²) in [5.41, 5.74) is 0.558. The average molecular weight is 346 g/mol. The minimum atomic E-state index is -0.251. The second-order valence-corrected chi connectivity index (χ2v) is 6.57. The van der Waals surface area contributed by atoms with E-state index >= 15 is 0 Å². The van der Waals surface area contributed by atoms with Crippen LogP contribution in [-0.4, -0.2) is 53.9 Å². The van der Waals surface area contributed by atoms with E-state index in [1.165, 1.54) is 12.1 Å². The van der Waals surface area contributed by atoms with Gasteiger partial charge in [0.1, 0.15) is 5.82 Å². The van der Waals surface area contributed by atoms with Crippen LogP contribution in [0.1, 0.15) is 18.4 Å². The number of benzene rings is 1. The number of ether oxygens (including phenoxy) is 1. The van der Waals surface area contributed by atoms with Crippen molar-refractivity contribution in [2.45, 2.75) is 25.6 Å². The second kappa shape index (κ2) is 7.78.